The van der Waals surface area contributed by atoms with E-state index in [1.54, 1.807) is 11.8 Å². The summed E-state index contributed by atoms with van der Waals surface area (Å²) in [6, 6.07) is 3.15. The van der Waals surface area contributed by atoms with E-state index in [-0.39, 0.29) is 29.6 Å². The minimum atomic E-state index is -1.07. The molecule has 2 rings (SSSR count). The summed E-state index contributed by atoms with van der Waals surface area (Å²) in [5.41, 5.74) is 0. The van der Waals surface area contributed by atoms with Crippen molar-refractivity contribution < 1.29 is 38.3 Å². The van der Waals surface area contributed by atoms with Crippen LogP contribution < -0.4 is 29.6 Å². The SMILES string of the molecule is CCSc1cc(Br)cnc1SCC.CC[S-].Fc1cc(Br)cnc1F.[Na+]. The predicted octanol–water partition coefficient (Wildman–Crippen LogP) is 3.75. The molecule has 0 aliphatic rings. The van der Waals surface area contributed by atoms with Crippen molar-refractivity contribution in [3.05, 3.63) is 45.2 Å². The van der Waals surface area contributed by atoms with Crippen LogP contribution in [0.1, 0.15) is 20.8 Å². The van der Waals surface area contributed by atoms with Gasteiger partial charge in [-0.1, -0.05) is 20.8 Å². The molecular formula is C16H19Br2F2N2NaS3. The first-order valence-corrected chi connectivity index (χ1v) is 11.5. The summed E-state index contributed by atoms with van der Waals surface area (Å²) in [5.74, 6) is 0.990. The van der Waals surface area contributed by atoms with E-state index in [2.05, 4.69) is 74.4 Å². The molecule has 26 heavy (non-hydrogen) atoms. The van der Waals surface area contributed by atoms with E-state index in [1.807, 2.05) is 24.9 Å². The van der Waals surface area contributed by atoms with Gasteiger partial charge in [-0.25, -0.2) is 14.4 Å². The molecular weight excluding hydrogens is 537 g/mol. The van der Waals surface area contributed by atoms with Crippen molar-refractivity contribution in [3.8, 4) is 0 Å². The molecule has 0 aromatic carbocycles. The molecule has 0 unspecified atom stereocenters. The first kappa shape index (κ1) is 29.4. The van der Waals surface area contributed by atoms with Crippen molar-refractivity contribution in [2.75, 3.05) is 17.3 Å². The Balaban J connectivity index is 0. The van der Waals surface area contributed by atoms with E-state index >= 15 is 0 Å². The molecule has 0 saturated heterocycles. The Kier molecular flexibility index (Phi) is 20.6. The van der Waals surface area contributed by atoms with Gasteiger partial charge in [-0.2, -0.15) is 10.1 Å². The Labute approximate surface area is 207 Å². The third kappa shape index (κ3) is 13.4. The first-order chi connectivity index (χ1) is 11.9. The minimum absolute atomic E-state index is 0. The van der Waals surface area contributed by atoms with E-state index in [1.165, 1.54) is 11.1 Å². The maximum absolute atomic E-state index is 12.1. The second kappa shape index (κ2) is 18.2. The van der Waals surface area contributed by atoms with E-state index < -0.39 is 11.8 Å². The fraction of sp³-hybridized carbons (Fsp3) is 0.375. The topological polar surface area (TPSA) is 25.8 Å². The summed E-state index contributed by atoms with van der Waals surface area (Å²) in [4.78, 5) is 8.75. The molecule has 2 nitrogen and oxygen atoms in total. The van der Waals surface area contributed by atoms with E-state index in [0.29, 0.717) is 4.47 Å². The fourth-order valence-corrected chi connectivity index (χ4v) is 3.75. The van der Waals surface area contributed by atoms with Gasteiger partial charge in [-0.15, -0.1) is 23.5 Å². The van der Waals surface area contributed by atoms with Crippen LogP contribution in [0.15, 0.2) is 43.4 Å². The van der Waals surface area contributed by atoms with Gasteiger partial charge in [0.15, 0.2) is 5.82 Å². The zero-order valence-electron chi connectivity index (χ0n) is 15.1. The molecule has 0 radical (unpaired) electrons. The Hall–Kier alpha value is 1.17. The first-order valence-electron chi connectivity index (χ1n) is 7.35. The molecule has 2 aromatic rings. The molecule has 0 bridgehead atoms. The molecule has 2 heterocycles. The summed E-state index contributed by atoms with van der Waals surface area (Å²) >= 11 is 14.4. The van der Waals surface area contributed by atoms with Crippen LogP contribution >= 0.6 is 55.4 Å². The van der Waals surface area contributed by atoms with E-state index in [9.17, 15) is 8.78 Å². The van der Waals surface area contributed by atoms with Gasteiger partial charge < -0.3 is 12.6 Å². The Bertz CT molecular complexity index is 640. The zero-order valence-corrected chi connectivity index (χ0v) is 22.7. The van der Waals surface area contributed by atoms with Gasteiger partial charge >= 0.3 is 29.6 Å². The summed E-state index contributed by atoms with van der Waals surface area (Å²) < 4.78 is 25.6. The van der Waals surface area contributed by atoms with Crippen LogP contribution in [0, 0.1) is 11.8 Å². The van der Waals surface area contributed by atoms with Gasteiger partial charge in [0.25, 0.3) is 0 Å². The number of aromatic nitrogens is 2. The molecule has 0 amide bonds. The Morgan fingerprint density at radius 1 is 0.962 bits per heavy atom. The average molecular weight is 556 g/mol. The third-order valence-electron chi connectivity index (χ3n) is 2.13. The second-order valence-corrected chi connectivity index (χ2v) is 9.00. The molecule has 0 aliphatic carbocycles. The van der Waals surface area contributed by atoms with Gasteiger partial charge in [0.05, 0.1) is 0 Å². The molecule has 0 aliphatic heterocycles. The smallest absolute Gasteiger partial charge is 0.793 e. The zero-order chi connectivity index (χ0) is 19.2. The van der Waals surface area contributed by atoms with Crippen LogP contribution in [0.5, 0.6) is 0 Å². The number of pyridine rings is 2. The summed E-state index contributed by atoms with van der Waals surface area (Å²) in [6.07, 6.45) is 3.05. The predicted molar refractivity (Wildman–Crippen MR) is 114 cm³/mol. The second-order valence-electron chi connectivity index (χ2n) is 4.04. The quantitative estimate of drug-likeness (QED) is 0.248. The third-order valence-corrected chi connectivity index (χ3v) is 4.92. The van der Waals surface area contributed by atoms with Crippen LogP contribution in [0.3, 0.4) is 0 Å². The molecule has 2 aromatic heterocycles. The van der Waals surface area contributed by atoms with Crippen molar-refractivity contribution in [1.29, 1.82) is 0 Å². The number of hydrogen-bond donors (Lipinski definition) is 0. The minimum Gasteiger partial charge on any atom is -0.793 e. The van der Waals surface area contributed by atoms with Gasteiger partial charge in [-0.05, 0) is 55.5 Å². The average Bonchev–Trinajstić information content (AvgIpc) is 2.56. The number of hydrogen-bond acceptors (Lipinski definition) is 5. The summed E-state index contributed by atoms with van der Waals surface area (Å²) in [6.45, 7) is 6.25. The Morgan fingerprint density at radius 3 is 1.92 bits per heavy atom. The molecule has 0 atom stereocenters. The van der Waals surface area contributed by atoms with Crippen molar-refractivity contribution in [3.63, 3.8) is 0 Å². The maximum Gasteiger partial charge on any atom is 1.00 e. The molecule has 140 valence electrons. The van der Waals surface area contributed by atoms with Crippen molar-refractivity contribution in [2.45, 2.75) is 30.7 Å². The maximum atomic E-state index is 12.1. The largest absolute Gasteiger partial charge is 1.00 e. The van der Waals surface area contributed by atoms with Crippen molar-refractivity contribution in [2.24, 2.45) is 0 Å². The van der Waals surface area contributed by atoms with Gasteiger partial charge in [0.1, 0.15) is 5.03 Å². The van der Waals surface area contributed by atoms with Crippen LogP contribution in [0.4, 0.5) is 8.78 Å². The number of halogens is 4. The normalized spacial score (nSPS) is 9.23. The van der Waals surface area contributed by atoms with Crippen molar-refractivity contribution >= 4 is 68.0 Å². The summed E-state index contributed by atoms with van der Waals surface area (Å²) in [5, 5.41) is 1.15. The van der Waals surface area contributed by atoms with Crippen molar-refractivity contribution in [1.82, 2.24) is 9.97 Å². The fourth-order valence-electron chi connectivity index (χ4n) is 1.31. The monoisotopic (exact) mass is 554 g/mol. The molecule has 0 spiro atoms. The van der Waals surface area contributed by atoms with Crippen LogP contribution in [-0.2, 0) is 12.6 Å². The number of thioether (sulfide) groups is 2. The Morgan fingerprint density at radius 2 is 1.46 bits per heavy atom. The van der Waals surface area contributed by atoms with Crippen LogP contribution in [-0.4, -0.2) is 27.2 Å². The van der Waals surface area contributed by atoms with Gasteiger partial charge in [0.2, 0.25) is 5.95 Å². The molecule has 10 heteroatoms. The molecule has 0 saturated carbocycles. The number of rotatable bonds is 4. The number of nitrogens with zero attached hydrogens (tertiary/aromatic N) is 2. The van der Waals surface area contributed by atoms with Gasteiger partial charge in [0, 0.05) is 26.2 Å². The van der Waals surface area contributed by atoms with E-state index in [0.717, 1.165) is 32.8 Å². The standard InChI is InChI=1S/C9H12BrNS2.C5H2BrF2N.C2H6S.Na/c1-3-12-8-5-7(10)6-11-9(8)13-4-2;6-3-1-4(7)5(8)9-2-3;1-2-3;/h5-6H,3-4H2,1-2H3;1-2H;3H,2H2,1H3;/q;;;+1/p-1. The summed E-state index contributed by atoms with van der Waals surface area (Å²) in [7, 11) is 0. The van der Waals surface area contributed by atoms with E-state index in [4.69, 9.17) is 0 Å². The molecule has 0 N–H and O–H groups in total. The van der Waals surface area contributed by atoms with Crippen LogP contribution in [0.2, 0.25) is 0 Å². The van der Waals surface area contributed by atoms with Crippen LogP contribution in [0.25, 0.3) is 0 Å². The van der Waals surface area contributed by atoms with Gasteiger partial charge in [-0.3, -0.25) is 0 Å². The molecule has 0 fully saturated rings.